The van der Waals surface area contributed by atoms with Gasteiger partial charge in [-0.3, -0.25) is 24.0 Å². The zero-order valence-corrected chi connectivity index (χ0v) is 10.5. The molecule has 0 fully saturated rings. The molecule has 0 amide bonds. The van der Waals surface area contributed by atoms with Gasteiger partial charge >= 0.3 is 0 Å². The van der Waals surface area contributed by atoms with Crippen LogP contribution < -0.4 is 0 Å². The SMILES string of the molecule is CC(=O)CC(=O)CC(C(C)=O)(C(C)=O)C(C)=O. The number of rotatable bonds is 7. The average molecular weight is 240 g/mol. The molecule has 0 spiro atoms. The van der Waals surface area contributed by atoms with Crippen molar-refractivity contribution in [2.45, 2.75) is 40.5 Å². The molecule has 0 bridgehead atoms. The summed E-state index contributed by atoms with van der Waals surface area (Å²) >= 11 is 0. The molecule has 94 valence electrons. The van der Waals surface area contributed by atoms with Crippen molar-refractivity contribution in [2.75, 3.05) is 0 Å². The van der Waals surface area contributed by atoms with Crippen LogP contribution in [0.3, 0.4) is 0 Å². The van der Waals surface area contributed by atoms with Crippen LogP contribution in [0.4, 0.5) is 0 Å². The Morgan fingerprint density at radius 1 is 0.765 bits per heavy atom. The third-order valence-electron chi connectivity index (χ3n) is 2.71. The van der Waals surface area contributed by atoms with Gasteiger partial charge in [0, 0.05) is 6.42 Å². The normalized spacial score (nSPS) is 10.8. The van der Waals surface area contributed by atoms with Crippen molar-refractivity contribution in [3.05, 3.63) is 0 Å². The van der Waals surface area contributed by atoms with Crippen molar-refractivity contribution >= 4 is 28.9 Å². The predicted molar refractivity (Wildman–Crippen MR) is 59.4 cm³/mol. The van der Waals surface area contributed by atoms with Gasteiger partial charge in [0.05, 0.1) is 6.42 Å². The molecule has 0 aromatic heterocycles. The Morgan fingerprint density at radius 3 is 1.35 bits per heavy atom. The van der Waals surface area contributed by atoms with Crippen LogP contribution >= 0.6 is 0 Å². The Bertz CT molecular complexity index is 356. The quantitative estimate of drug-likeness (QED) is 0.611. The number of Topliss-reactive ketones (excluding diaryl/α,β-unsaturated/α-hetero) is 5. The van der Waals surface area contributed by atoms with E-state index in [-0.39, 0.29) is 12.2 Å². The Morgan fingerprint density at radius 2 is 1.12 bits per heavy atom. The van der Waals surface area contributed by atoms with E-state index in [1.54, 1.807) is 0 Å². The van der Waals surface area contributed by atoms with Crippen molar-refractivity contribution in [1.29, 1.82) is 0 Å². The maximum absolute atomic E-state index is 11.5. The van der Waals surface area contributed by atoms with E-state index in [1.165, 1.54) is 6.92 Å². The second-order valence-electron chi connectivity index (χ2n) is 4.17. The Labute approximate surface area is 99.6 Å². The number of hydrogen-bond donors (Lipinski definition) is 0. The number of hydrogen-bond acceptors (Lipinski definition) is 5. The van der Waals surface area contributed by atoms with Crippen molar-refractivity contribution in [3.8, 4) is 0 Å². The first-order valence-electron chi connectivity index (χ1n) is 5.18. The highest BCUT2D eigenvalue weighted by molar-refractivity contribution is 6.24. The Kier molecular flexibility index (Phi) is 5.07. The number of carbonyl (C=O) groups excluding carboxylic acids is 5. The monoisotopic (exact) mass is 240 g/mol. The fourth-order valence-electron chi connectivity index (χ4n) is 1.75. The van der Waals surface area contributed by atoms with E-state index in [4.69, 9.17) is 0 Å². The topological polar surface area (TPSA) is 85.3 Å². The van der Waals surface area contributed by atoms with Gasteiger partial charge < -0.3 is 0 Å². The lowest BCUT2D eigenvalue weighted by Gasteiger charge is -2.24. The summed E-state index contributed by atoms with van der Waals surface area (Å²) in [5.74, 6) is -2.91. The van der Waals surface area contributed by atoms with Gasteiger partial charge in [0.15, 0.2) is 22.8 Å². The summed E-state index contributed by atoms with van der Waals surface area (Å²) < 4.78 is 0. The predicted octanol–water partition coefficient (Wildman–Crippen LogP) is 0.678. The van der Waals surface area contributed by atoms with Crippen molar-refractivity contribution in [2.24, 2.45) is 5.41 Å². The fraction of sp³-hybridized carbons (Fsp3) is 0.583. The van der Waals surface area contributed by atoms with E-state index < -0.39 is 35.0 Å². The summed E-state index contributed by atoms with van der Waals surface area (Å²) in [4.78, 5) is 56.8. The van der Waals surface area contributed by atoms with E-state index >= 15 is 0 Å². The summed E-state index contributed by atoms with van der Waals surface area (Å²) in [7, 11) is 0. The van der Waals surface area contributed by atoms with Crippen molar-refractivity contribution in [3.63, 3.8) is 0 Å². The second-order valence-corrected chi connectivity index (χ2v) is 4.17. The molecule has 0 rings (SSSR count). The molecule has 0 aliphatic rings. The minimum absolute atomic E-state index is 0.362. The zero-order valence-electron chi connectivity index (χ0n) is 10.5. The maximum Gasteiger partial charge on any atom is 0.151 e. The third-order valence-corrected chi connectivity index (χ3v) is 2.71. The third kappa shape index (κ3) is 3.41. The van der Waals surface area contributed by atoms with Crippen LogP contribution in [0.5, 0.6) is 0 Å². The van der Waals surface area contributed by atoms with Crippen molar-refractivity contribution in [1.82, 2.24) is 0 Å². The molecule has 0 N–H and O–H groups in total. The second kappa shape index (κ2) is 5.61. The molecule has 0 aliphatic carbocycles. The molecular weight excluding hydrogens is 224 g/mol. The standard InChI is InChI=1S/C12H16O5/c1-7(13)5-11(17)6-12(8(2)14,9(3)15)10(4)16/h5-6H2,1-4H3. The van der Waals surface area contributed by atoms with Crippen LogP contribution in [0.1, 0.15) is 40.5 Å². The molecule has 0 heterocycles. The summed E-state index contributed by atoms with van der Waals surface area (Å²) in [6.45, 7) is 4.53. The molecule has 0 radical (unpaired) electrons. The lowest BCUT2D eigenvalue weighted by molar-refractivity contribution is -0.150. The number of carbonyl (C=O) groups is 5. The summed E-state index contributed by atoms with van der Waals surface area (Å²) in [6.07, 6.45) is -0.887. The molecule has 0 aromatic carbocycles. The molecular formula is C12H16O5. The largest absolute Gasteiger partial charge is 0.300 e. The van der Waals surface area contributed by atoms with Crippen LogP contribution in [-0.4, -0.2) is 28.9 Å². The Balaban J connectivity index is 5.28. The molecule has 0 aliphatic heterocycles. The van der Waals surface area contributed by atoms with Gasteiger partial charge in [0.25, 0.3) is 0 Å². The van der Waals surface area contributed by atoms with E-state index in [9.17, 15) is 24.0 Å². The van der Waals surface area contributed by atoms with Crippen LogP contribution in [0, 0.1) is 5.41 Å². The van der Waals surface area contributed by atoms with Crippen molar-refractivity contribution < 1.29 is 24.0 Å². The van der Waals surface area contributed by atoms with E-state index in [2.05, 4.69) is 0 Å². The zero-order chi connectivity index (χ0) is 13.8. The van der Waals surface area contributed by atoms with Gasteiger partial charge in [-0.1, -0.05) is 0 Å². The lowest BCUT2D eigenvalue weighted by atomic mass is 9.72. The lowest BCUT2D eigenvalue weighted by Crippen LogP contribution is -2.44. The molecule has 0 saturated carbocycles. The van der Waals surface area contributed by atoms with Gasteiger partial charge in [-0.15, -0.1) is 0 Å². The molecule has 0 aromatic rings. The van der Waals surface area contributed by atoms with E-state index in [0.717, 1.165) is 20.8 Å². The molecule has 5 heteroatoms. The van der Waals surface area contributed by atoms with E-state index in [0.29, 0.717) is 0 Å². The Hall–Kier alpha value is -1.65. The van der Waals surface area contributed by atoms with Crippen LogP contribution in [0.25, 0.3) is 0 Å². The molecule has 0 unspecified atom stereocenters. The first kappa shape index (κ1) is 15.3. The molecule has 0 atom stereocenters. The summed E-state index contributed by atoms with van der Waals surface area (Å²) in [6, 6.07) is 0. The summed E-state index contributed by atoms with van der Waals surface area (Å²) in [5, 5.41) is 0. The first-order chi connectivity index (χ1) is 7.64. The summed E-state index contributed by atoms with van der Waals surface area (Å²) in [5.41, 5.74) is -1.91. The molecule has 17 heavy (non-hydrogen) atoms. The molecule has 0 saturated heterocycles. The maximum atomic E-state index is 11.5. The highest BCUT2D eigenvalue weighted by atomic mass is 16.2. The van der Waals surface area contributed by atoms with Gasteiger partial charge in [0.1, 0.15) is 11.6 Å². The highest BCUT2D eigenvalue weighted by Gasteiger charge is 2.46. The average Bonchev–Trinajstić information content (AvgIpc) is 2.10. The number of ketones is 5. The van der Waals surface area contributed by atoms with Crippen LogP contribution in [0.15, 0.2) is 0 Å². The van der Waals surface area contributed by atoms with Gasteiger partial charge in [-0.25, -0.2) is 0 Å². The highest BCUT2D eigenvalue weighted by Crippen LogP contribution is 2.27. The smallest absolute Gasteiger partial charge is 0.151 e. The van der Waals surface area contributed by atoms with Gasteiger partial charge in [-0.05, 0) is 27.7 Å². The van der Waals surface area contributed by atoms with Gasteiger partial charge in [-0.2, -0.15) is 0 Å². The molecule has 5 nitrogen and oxygen atoms in total. The minimum atomic E-state index is -1.91. The van der Waals surface area contributed by atoms with Crippen LogP contribution in [0.2, 0.25) is 0 Å². The fourth-order valence-corrected chi connectivity index (χ4v) is 1.75. The van der Waals surface area contributed by atoms with Gasteiger partial charge in [0.2, 0.25) is 0 Å². The van der Waals surface area contributed by atoms with E-state index in [1.807, 2.05) is 0 Å². The minimum Gasteiger partial charge on any atom is -0.300 e. The van der Waals surface area contributed by atoms with Crippen LogP contribution in [-0.2, 0) is 24.0 Å². The first-order valence-corrected chi connectivity index (χ1v) is 5.18.